The summed E-state index contributed by atoms with van der Waals surface area (Å²) in [5.41, 5.74) is -11.1. The maximum Gasteiger partial charge on any atom is 0.416 e. The minimum atomic E-state index is -5.31. The van der Waals surface area contributed by atoms with Crippen molar-refractivity contribution in [2.75, 3.05) is 0 Å². The number of nitrogens with zero attached hydrogens (tertiary/aromatic N) is 2. The van der Waals surface area contributed by atoms with Gasteiger partial charge in [-0.05, 0) is 52.6 Å². The number of alkyl halides is 12. The molecule has 0 bridgehead atoms. The van der Waals surface area contributed by atoms with Gasteiger partial charge >= 0.3 is 24.7 Å². The fourth-order valence-electron chi connectivity index (χ4n) is 3.90. The molecule has 2 atom stereocenters. The van der Waals surface area contributed by atoms with Crippen LogP contribution in [-0.4, -0.2) is 32.4 Å². The predicted molar refractivity (Wildman–Crippen MR) is 152 cm³/mol. The third-order valence-electron chi connectivity index (χ3n) is 6.96. The Kier molecular flexibility index (Phi) is 13.8. The van der Waals surface area contributed by atoms with Gasteiger partial charge < -0.3 is 15.2 Å². The Morgan fingerprint density at radius 2 is 1.02 bits per heavy atom. The van der Waals surface area contributed by atoms with Gasteiger partial charge in [0, 0.05) is 38.4 Å². The van der Waals surface area contributed by atoms with E-state index < -0.39 is 81.7 Å². The molecule has 1 radical (unpaired) electrons. The number of rotatable bonds is 4. The molecule has 0 amide bonds. The van der Waals surface area contributed by atoms with Gasteiger partial charge in [0.25, 0.3) is 0 Å². The SMILES string of the molecule is CC(C)(C)C(O)CC(O)C(C)(C)C.Cc1cnc(-c2[c-]c(C(F)(F)F)cc(C(F)(F)F)c2)c(-c2cc(C(F)(F)F)cc(C(F)(F)F)c2)n1.[Ir]. The molecule has 2 unspecified atom stereocenters. The van der Waals surface area contributed by atoms with Gasteiger partial charge in [0.15, 0.2) is 0 Å². The molecule has 3 rings (SSSR count). The first-order valence-electron chi connectivity index (χ1n) is 14.0. The van der Waals surface area contributed by atoms with E-state index in [0.717, 1.165) is 6.20 Å². The molecule has 49 heavy (non-hydrogen) atoms. The van der Waals surface area contributed by atoms with E-state index in [1.54, 1.807) is 6.07 Å². The monoisotopic (exact) mass is 898 g/mol. The van der Waals surface area contributed by atoms with E-state index >= 15 is 0 Å². The van der Waals surface area contributed by atoms with Crippen LogP contribution in [0.15, 0.2) is 36.5 Å². The molecule has 3 aromatic rings. The summed E-state index contributed by atoms with van der Waals surface area (Å²) in [4.78, 5) is 7.43. The molecule has 17 heteroatoms. The van der Waals surface area contributed by atoms with Crippen molar-refractivity contribution in [3.05, 3.63) is 70.5 Å². The van der Waals surface area contributed by atoms with Gasteiger partial charge in [0.1, 0.15) is 0 Å². The minimum absolute atomic E-state index is 0. The molecule has 4 nitrogen and oxygen atoms in total. The fraction of sp³-hybridized carbons (Fsp3) is 0.500. The second-order valence-electron chi connectivity index (χ2n) is 13.2. The molecule has 0 aliphatic carbocycles. The molecule has 0 aliphatic heterocycles. The zero-order chi connectivity index (χ0) is 37.4. The molecule has 2 N–H and O–H groups in total. The standard InChI is InChI=1S/C21H9F12N2.C11H24O2.Ir/c1-9-8-34-16(10-2-12(18(22,23)24)6-13(3-10)19(25,26)27)17(35-9)11-4-14(20(28,29)30)7-15(5-11)21(31,32)33;1-10(2,3)8(12)7-9(13)11(4,5)6;/h2,4-8H,1H3;8-9,12-13H,7H2,1-6H3;/q-1;;. The Bertz CT molecular complexity index is 1490. The number of benzene rings is 2. The molecule has 1 aromatic heterocycles. The largest absolute Gasteiger partial charge is 0.416 e. The topological polar surface area (TPSA) is 66.2 Å². The predicted octanol–water partition coefficient (Wildman–Crippen LogP) is 10.2. The number of hydrogen-bond donors (Lipinski definition) is 2. The van der Waals surface area contributed by atoms with Crippen molar-refractivity contribution in [1.82, 2.24) is 9.97 Å². The zero-order valence-electron chi connectivity index (χ0n) is 27.0. The van der Waals surface area contributed by atoms with Gasteiger partial charge in [-0.25, -0.2) is 0 Å². The molecule has 0 aliphatic rings. The van der Waals surface area contributed by atoms with Crippen molar-refractivity contribution in [3.8, 4) is 22.5 Å². The number of hydrogen-bond acceptors (Lipinski definition) is 4. The quantitative estimate of drug-likeness (QED) is 0.202. The third kappa shape index (κ3) is 12.5. The van der Waals surface area contributed by atoms with Crippen molar-refractivity contribution in [2.24, 2.45) is 10.8 Å². The summed E-state index contributed by atoms with van der Waals surface area (Å²) in [6.45, 7) is 13.1. The van der Waals surface area contributed by atoms with Crippen LogP contribution >= 0.6 is 0 Å². The molecule has 277 valence electrons. The molecule has 0 fully saturated rings. The molecule has 0 saturated carbocycles. The second-order valence-corrected chi connectivity index (χ2v) is 13.2. The second kappa shape index (κ2) is 15.2. The first-order valence-corrected chi connectivity index (χ1v) is 14.0. The summed E-state index contributed by atoms with van der Waals surface area (Å²) in [6.07, 6.45) is -20.7. The normalized spacial score (nSPS) is 14.4. The number of aliphatic hydroxyl groups is 2. The van der Waals surface area contributed by atoms with Crippen molar-refractivity contribution in [2.45, 2.75) is 91.8 Å². The van der Waals surface area contributed by atoms with Gasteiger partial charge in [0.05, 0.1) is 34.7 Å². The summed E-state index contributed by atoms with van der Waals surface area (Å²) in [6, 6.07) is 1.90. The Balaban J connectivity index is 0.000000729. The van der Waals surface area contributed by atoms with E-state index in [0.29, 0.717) is 6.42 Å². The fourth-order valence-corrected chi connectivity index (χ4v) is 3.90. The van der Waals surface area contributed by atoms with E-state index in [2.05, 4.69) is 9.97 Å². The maximum atomic E-state index is 13.3. The summed E-state index contributed by atoms with van der Waals surface area (Å²) < 4.78 is 159. The van der Waals surface area contributed by atoms with Crippen LogP contribution in [0.4, 0.5) is 52.7 Å². The van der Waals surface area contributed by atoms with Crippen LogP contribution in [0.1, 0.15) is 75.9 Å². The van der Waals surface area contributed by atoms with Crippen LogP contribution < -0.4 is 0 Å². The smallest absolute Gasteiger partial charge is 0.392 e. The average Bonchev–Trinajstić information content (AvgIpc) is 2.90. The first-order chi connectivity index (χ1) is 21.3. The summed E-state index contributed by atoms with van der Waals surface area (Å²) in [5, 5.41) is 19.5. The molecule has 1 heterocycles. The van der Waals surface area contributed by atoms with E-state index in [4.69, 9.17) is 0 Å². The summed E-state index contributed by atoms with van der Waals surface area (Å²) in [7, 11) is 0. The Morgan fingerprint density at radius 1 is 0.612 bits per heavy atom. The van der Waals surface area contributed by atoms with Crippen LogP contribution in [0.25, 0.3) is 22.5 Å². The molecule has 0 saturated heterocycles. The van der Waals surface area contributed by atoms with Gasteiger partial charge in [0.2, 0.25) is 0 Å². The summed E-state index contributed by atoms with van der Waals surface area (Å²) >= 11 is 0. The van der Waals surface area contributed by atoms with Gasteiger partial charge in [-0.2, -0.15) is 52.7 Å². The van der Waals surface area contributed by atoms with Crippen LogP contribution in [-0.2, 0) is 44.8 Å². The van der Waals surface area contributed by atoms with Gasteiger partial charge in [-0.1, -0.05) is 41.5 Å². The van der Waals surface area contributed by atoms with E-state index in [9.17, 15) is 62.9 Å². The van der Waals surface area contributed by atoms with Gasteiger partial charge in [-0.3, -0.25) is 4.98 Å². The third-order valence-corrected chi connectivity index (χ3v) is 6.96. The minimum Gasteiger partial charge on any atom is -0.392 e. The van der Waals surface area contributed by atoms with Crippen molar-refractivity contribution < 1.29 is 83.0 Å². The van der Waals surface area contributed by atoms with Crippen LogP contribution in [0, 0.1) is 23.8 Å². The van der Waals surface area contributed by atoms with Crippen molar-refractivity contribution in [1.29, 1.82) is 0 Å². The van der Waals surface area contributed by atoms with Crippen molar-refractivity contribution >= 4 is 0 Å². The Hall–Kier alpha value is -2.75. The van der Waals surface area contributed by atoms with Crippen LogP contribution in [0.2, 0.25) is 0 Å². The summed E-state index contributed by atoms with van der Waals surface area (Å²) in [5.74, 6) is 0. The van der Waals surface area contributed by atoms with Gasteiger partial charge in [-0.15, -0.1) is 23.8 Å². The maximum absolute atomic E-state index is 13.3. The zero-order valence-corrected chi connectivity index (χ0v) is 29.4. The van der Waals surface area contributed by atoms with Crippen LogP contribution in [0.3, 0.4) is 0 Å². The Morgan fingerprint density at radius 3 is 1.39 bits per heavy atom. The molecular formula is C32H33F12IrN2O2-. The number of aromatic nitrogens is 2. The Labute approximate surface area is 288 Å². The molecule has 2 aromatic carbocycles. The first kappa shape index (κ1) is 44.3. The van der Waals surface area contributed by atoms with E-state index in [1.807, 2.05) is 41.5 Å². The van der Waals surface area contributed by atoms with E-state index in [-0.39, 0.29) is 67.0 Å². The molecular weight excluding hydrogens is 865 g/mol. The average molecular weight is 898 g/mol. The molecule has 0 spiro atoms. The van der Waals surface area contributed by atoms with Crippen LogP contribution in [0.5, 0.6) is 0 Å². The number of aryl methyl sites for hydroxylation is 1. The van der Waals surface area contributed by atoms with Crippen molar-refractivity contribution in [3.63, 3.8) is 0 Å². The van der Waals surface area contributed by atoms with E-state index in [1.165, 1.54) is 6.92 Å². The number of aliphatic hydroxyl groups excluding tert-OH is 2. The number of halogens is 12.